The summed E-state index contributed by atoms with van der Waals surface area (Å²) < 4.78 is 18.4. The molecule has 1 saturated heterocycles. The van der Waals surface area contributed by atoms with Crippen molar-refractivity contribution in [3.63, 3.8) is 0 Å². The van der Waals surface area contributed by atoms with Gasteiger partial charge in [0.05, 0.1) is 0 Å². The molecular weight excluding hydrogens is 371 g/mol. The molecule has 0 spiro atoms. The van der Waals surface area contributed by atoms with Crippen LogP contribution in [-0.2, 0) is 4.79 Å². The molecule has 1 atom stereocenters. The highest BCUT2D eigenvalue weighted by molar-refractivity contribution is 5.78. The van der Waals surface area contributed by atoms with E-state index < -0.39 is 0 Å². The third-order valence-electron chi connectivity index (χ3n) is 5.00. The van der Waals surface area contributed by atoms with Crippen molar-refractivity contribution in [1.29, 1.82) is 0 Å². The second-order valence-electron chi connectivity index (χ2n) is 7.12. The molecule has 2 aromatic heterocycles. The summed E-state index contributed by atoms with van der Waals surface area (Å²) in [6.07, 6.45) is 5.92. The van der Waals surface area contributed by atoms with E-state index in [9.17, 15) is 9.18 Å². The summed E-state index contributed by atoms with van der Waals surface area (Å²) in [5.74, 6) is 0.234. The number of benzene rings is 1. The first-order valence-electron chi connectivity index (χ1n) is 9.48. The molecule has 1 aliphatic rings. The molecule has 6 nitrogen and oxygen atoms in total. The zero-order chi connectivity index (χ0) is 20.2. The van der Waals surface area contributed by atoms with Crippen LogP contribution in [0.5, 0.6) is 5.75 Å². The summed E-state index contributed by atoms with van der Waals surface area (Å²) in [6, 6.07) is 9.71. The topological polar surface area (TPSA) is 68.2 Å². The van der Waals surface area contributed by atoms with Gasteiger partial charge in [-0.05, 0) is 55.3 Å². The number of ether oxygens (including phenoxy) is 1. The number of carbonyl (C=O) groups is 1. The lowest BCUT2D eigenvalue weighted by Crippen LogP contribution is -2.32. The van der Waals surface area contributed by atoms with Crippen molar-refractivity contribution >= 4 is 5.91 Å². The lowest BCUT2D eigenvalue weighted by atomic mass is 10.00. The summed E-state index contributed by atoms with van der Waals surface area (Å²) in [7, 11) is 0. The maximum Gasteiger partial charge on any atom is 0.260 e. The third-order valence-corrected chi connectivity index (χ3v) is 5.00. The predicted molar refractivity (Wildman–Crippen MR) is 106 cm³/mol. The van der Waals surface area contributed by atoms with Crippen LogP contribution in [0.25, 0.3) is 11.1 Å². The van der Waals surface area contributed by atoms with Gasteiger partial charge >= 0.3 is 0 Å². The van der Waals surface area contributed by atoms with E-state index in [-0.39, 0.29) is 24.2 Å². The Morgan fingerprint density at radius 1 is 1.17 bits per heavy atom. The normalized spacial score (nSPS) is 16.1. The molecule has 1 aromatic carbocycles. The fourth-order valence-electron chi connectivity index (χ4n) is 3.51. The van der Waals surface area contributed by atoms with Crippen LogP contribution in [0.15, 0.2) is 55.1 Å². The molecule has 0 radical (unpaired) electrons. The van der Waals surface area contributed by atoms with Crippen LogP contribution < -0.4 is 4.74 Å². The van der Waals surface area contributed by atoms with Crippen LogP contribution in [-0.4, -0.2) is 45.5 Å². The van der Waals surface area contributed by atoms with E-state index in [2.05, 4.69) is 16.0 Å². The van der Waals surface area contributed by atoms with E-state index in [1.165, 1.54) is 30.6 Å². The minimum Gasteiger partial charge on any atom is -0.484 e. The fraction of sp³-hybridized carbons (Fsp3) is 0.273. The van der Waals surface area contributed by atoms with E-state index in [0.717, 1.165) is 28.9 Å². The smallest absolute Gasteiger partial charge is 0.260 e. The van der Waals surface area contributed by atoms with Crippen molar-refractivity contribution in [3.8, 4) is 16.9 Å². The zero-order valence-corrected chi connectivity index (χ0v) is 16.1. The predicted octanol–water partition coefficient (Wildman–Crippen LogP) is 3.38. The van der Waals surface area contributed by atoms with Crippen LogP contribution in [0.1, 0.15) is 23.7 Å². The Labute approximate surface area is 168 Å². The van der Waals surface area contributed by atoms with Gasteiger partial charge in [0, 0.05) is 48.4 Å². The van der Waals surface area contributed by atoms with Crippen molar-refractivity contribution in [2.45, 2.75) is 19.3 Å². The molecule has 1 fully saturated rings. The van der Waals surface area contributed by atoms with E-state index in [4.69, 9.17) is 9.72 Å². The first-order chi connectivity index (χ1) is 14.1. The number of carbonyl (C=O) groups excluding carboxylic acids is 1. The van der Waals surface area contributed by atoms with Crippen molar-refractivity contribution in [2.24, 2.45) is 0 Å². The van der Waals surface area contributed by atoms with Crippen molar-refractivity contribution in [2.75, 3.05) is 19.7 Å². The van der Waals surface area contributed by atoms with Gasteiger partial charge in [0.25, 0.3) is 5.91 Å². The summed E-state index contributed by atoms with van der Waals surface area (Å²) in [5, 5.41) is 0. The SMILES string of the molecule is Cc1cc(-c2cncnc2)cc([C@H]2CCN(C(=O)COc3ccc(F)cc3)C2)n1. The van der Waals surface area contributed by atoms with Crippen LogP contribution in [0.3, 0.4) is 0 Å². The summed E-state index contributed by atoms with van der Waals surface area (Å²) >= 11 is 0. The Morgan fingerprint density at radius 3 is 2.69 bits per heavy atom. The molecule has 1 amide bonds. The maximum absolute atomic E-state index is 13.0. The number of amides is 1. The molecular formula is C22H21FN4O2. The number of pyridine rings is 1. The average molecular weight is 392 g/mol. The highest BCUT2D eigenvalue weighted by atomic mass is 19.1. The molecule has 148 valence electrons. The molecule has 7 heteroatoms. The standard InChI is InChI=1S/C22H21FN4O2/c1-15-8-17(18-10-24-14-25-11-18)9-21(26-15)16-6-7-27(12-16)22(28)13-29-20-4-2-19(23)3-5-20/h2-5,8-11,14,16H,6-7,12-13H2,1H3/t16-/m0/s1. The first-order valence-corrected chi connectivity index (χ1v) is 9.48. The van der Waals surface area contributed by atoms with Gasteiger partial charge in [0.15, 0.2) is 6.61 Å². The molecule has 4 rings (SSSR count). The van der Waals surface area contributed by atoms with Gasteiger partial charge in [-0.3, -0.25) is 9.78 Å². The van der Waals surface area contributed by atoms with Gasteiger partial charge in [0.2, 0.25) is 0 Å². The summed E-state index contributed by atoms with van der Waals surface area (Å²) in [4.78, 5) is 27.2. The van der Waals surface area contributed by atoms with Crippen molar-refractivity contribution in [3.05, 3.63) is 72.3 Å². The lowest BCUT2D eigenvalue weighted by Gasteiger charge is -2.17. The Bertz CT molecular complexity index is 995. The summed E-state index contributed by atoms with van der Waals surface area (Å²) in [5.41, 5.74) is 3.86. The van der Waals surface area contributed by atoms with Gasteiger partial charge in [-0.1, -0.05) is 0 Å². The second-order valence-corrected chi connectivity index (χ2v) is 7.12. The Balaban J connectivity index is 1.41. The van der Waals surface area contributed by atoms with Gasteiger partial charge in [-0.15, -0.1) is 0 Å². The number of likely N-dealkylation sites (tertiary alicyclic amines) is 1. The third kappa shape index (κ3) is 4.56. The van der Waals surface area contributed by atoms with Gasteiger partial charge in [-0.25, -0.2) is 14.4 Å². The van der Waals surface area contributed by atoms with Crippen LogP contribution in [0, 0.1) is 12.7 Å². The fourth-order valence-corrected chi connectivity index (χ4v) is 3.51. The molecule has 0 saturated carbocycles. The van der Waals surface area contributed by atoms with E-state index in [1.54, 1.807) is 17.3 Å². The average Bonchev–Trinajstić information content (AvgIpc) is 3.24. The van der Waals surface area contributed by atoms with E-state index >= 15 is 0 Å². The minimum absolute atomic E-state index is 0.0633. The molecule has 0 aliphatic carbocycles. The lowest BCUT2D eigenvalue weighted by molar-refractivity contribution is -0.132. The molecule has 29 heavy (non-hydrogen) atoms. The number of halogens is 1. The molecule has 3 aromatic rings. The van der Waals surface area contributed by atoms with Crippen molar-refractivity contribution in [1.82, 2.24) is 19.9 Å². The molecule has 3 heterocycles. The Morgan fingerprint density at radius 2 is 1.93 bits per heavy atom. The highest BCUT2D eigenvalue weighted by Gasteiger charge is 2.28. The second kappa shape index (κ2) is 8.34. The first kappa shape index (κ1) is 19.0. The Kier molecular flexibility index (Phi) is 5.46. The van der Waals surface area contributed by atoms with Crippen LogP contribution in [0.4, 0.5) is 4.39 Å². The van der Waals surface area contributed by atoms with Gasteiger partial charge in [0.1, 0.15) is 17.9 Å². The number of nitrogens with zero attached hydrogens (tertiary/aromatic N) is 4. The highest BCUT2D eigenvalue weighted by Crippen LogP contribution is 2.29. The van der Waals surface area contributed by atoms with E-state index in [0.29, 0.717) is 18.8 Å². The monoisotopic (exact) mass is 392 g/mol. The number of aromatic nitrogens is 3. The molecule has 0 bridgehead atoms. The van der Waals surface area contributed by atoms with Crippen LogP contribution >= 0.6 is 0 Å². The molecule has 1 aliphatic heterocycles. The molecule has 0 unspecified atom stereocenters. The van der Waals surface area contributed by atoms with Crippen molar-refractivity contribution < 1.29 is 13.9 Å². The maximum atomic E-state index is 13.0. The van der Waals surface area contributed by atoms with Gasteiger partial charge < -0.3 is 9.64 Å². The van der Waals surface area contributed by atoms with Gasteiger partial charge in [-0.2, -0.15) is 0 Å². The number of hydrogen-bond donors (Lipinski definition) is 0. The number of rotatable bonds is 5. The minimum atomic E-state index is -0.335. The number of hydrogen-bond acceptors (Lipinski definition) is 5. The largest absolute Gasteiger partial charge is 0.484 e. The van der Waals surface area contributed by atoms with Crippen LogP contribution in [0.2, 0.25) is 0 Å². The van der Waals surface area contributed by atoms with E-state index in [1.807, 2.05) is 13.0 Å². The zero-order valence-electron chi connectivity index (χ0n) is 16.1. The number of aryl methyl sites for hydroxylation is 1. The Hall–Kier alpha value is -3.35. The quantitative estimate of drug-likeness (QED) is 0.666. The summed E-state index contributed by atoms with van der Waals surface area (Å²) in [6.45, 7) is 3.17. The molecule has 0 N–H and O–H groups in total.